The molecule has 0 bridgehead atoms. The second-order valence-electron chi connectivity index (χ2n) is 4.15. The summed E-state index contributed by atoms with van der Waals surface area (Å²) in [4.78, 5) is 32.5. The van der Waals surface area contributed by atoms with Crippen molar-refractivity contribution in [1.29, 1.82) is 0 Å². The van der Waals surface area contributed by atoms with Gasteiger partial charge in [0.05, 0.1) is 25.3 Å². The van der Waals surface area contributed by atoms with E-state index >= 15 is 0 Å². The average Bonchev–Trinajstić information content (AvgIpc) is 3.10. The number of urea groups is 1. The highest BCUT2D eigenvalue weighted by Gasteiger charge is 2.27. The standard InChI is InChI=1S/C11H9N5O5S2/c1-5(13-14-11(12)17)7-2-3-8(22-7)10-6(15(18)19)4-9(23-10)16(20)21/h2-4H,1H3,(H3,12,14,17)/b13-5+. The summed E-state index contributed by atoms with van der Waals surface area (Å²) >= 11 is 1.90. The number of carbonyl (C=O) groups excluding carboxylic acids is 1. The molecule has 2 heterocycles. The van der Waals surface area contributed by atoms with Gasteiger partial charge in [0.1, 0.15) is 10.9 Å². The van der Waals surface area contributed by atoms with Crippen molar-refractivity contribution in [2.24, 2.45) is 10.8 Å². The van der Waals surface area contributed by atoms with Gasteiger partial charge in [0, 0.05) is 0 Å². The van der Waals surface area contributed by atoms with Gasteiger partial charge in [-0.1, -0.05) is 11.3 Å². The molecule has 0 atom stereocenters. The lowest BCUT2D eigenvalue weighted by molar-refractivity contribution is -0.389. The summed E-state index contributed by atoms with van der Waals surface area (Å²) in [6, 6.07) is 3.38. The molecule has 0 unspecified atom stereocenters. The fraction of sp³-hybridized carbons (Fsp3) is 0.0909. The van der Waals surface area contributed by atoms with Gasteiger partial charge < -0.3 is 5.73 Å². The van der Waals surface area contributed by atoms with Crippen LogP contribution in [0, 0.1) is 20.2 Å². The molecule has 2 aromatic rings. The SMILES string of the molecule is C/C(=N\NC(N)=O)c1ccc(-c2sc([N+](=O)[O-])cc2[N+](=O)[O-])s1. The number of amides is 2. The molecular formula is C11H9N5O5S2. The van der Waals surface area contributed by atoms with E-state index in [1.807, 2.05) is 0 Å². The van der Waals surface area contributed by atoms with E-state index in [1.54, 1.807) is 19.1 Å². The number of hydrogen-bond donors (Lipinski definition) is 2. The Labute approximate surface area is 136 Å². The van der Waals surface area contributed by atoms with Crippen LogP contribution >= 0.6 is 22.7 Å². The molecule has 0 radical (unpaired) electrons. The number of rotatable bonds is 5. The van der Waals surface area contributed by atoms with E-state index < -0.39 is 15.9 Å². The molecule has 0 aliphatic heterocycles. The first kappa shape index (κ1) is 16.5. The first-order valence-corrected chi connectivity index (χ1v) is 7.56. The molecule has 3 N–H and O–H groups in total. The predicted molar refractivity (Wildman–Crippen MR) is 85.9 cm³/mol. The lowest BCUT2D eigenvalue weighted by atomic mass is 10.3. The Kier molecular flexibility index (Phi) is 4.66. The van der Waals surface area contributed by atoms with Gasteiger partial charge in [0.15, 0.2) is 0 Å². The maximum Gasteiger partial charge on any atom is 0.332 e. The lowest BCUT2D eigenvalue weighted by Gasteiger charge is -1.96. The Balaban J connectivity index is 2.40. The van der Waals surface area contributed by atoms with E-state index in [2.05, 4.69) is 10.5 Å². The largest absolute Gasteiger partial charge is 0.350 e. The van der Waals surface area contributed by atoms with Gasteiger partial charge >= 0.3 is 11.0 Å². The number of thiophene rings is 2. The van der Waals surface area contributed by atoms with Crippen molar-refractivity contribution in [1.82, 2.24) is 5.43 Å². The summed E-state index contributed by atoms with van der Waals surface area (Å²) in [6.07, 6.45) is 0. The molecule has 0 fully saturated rings. The Morgan fingerprint density at radius 2 is 1.96 bits per heavy atom. The molecule has 2 rings (SSSR count). The number of nitrogens with zero attached hydrogens (tertiary/aromatic N) is 3. The van der Waals surface area contributed by atoms with E-state index in [-0.39, 0.29) is 15.6 Å². The zero-order valence-electron chi connectivity index (χ0n) is 11.5. The normalized spacial score (nSPS) is 11.3. The zero-order chi connectivity index (χ0) is 17.1. The Morgan fingerprint density at radius 3 is 2.52 bits per heavy atom. The molecule has 0 aliphatic carbocycles. The van der Waals surface area contributed by atoms with Crippen LogP contribution in [0.1, 0.15) is 11.8 Å². The second kappa shape index (κ2) is 6.50. The lowest BCUT2D eigenvalue weighted by Crippen LogP contribution is -2.25. The third kappa shape index (κ3) is 3.67. The van der Waals surface area contributed by atoms with Crippen molar-refractivity contribution in [3.8, 4) is 9.75 Å². The van der Waals surface area contributed by atoms with Crippen molar-refractivity contribution in [3.63, 3.8) is 0 Å². The number of carbonyl (C=O) groups is 1. The molecule has 0 spiro atoms. The van der Waals surface area contributed by atoms with Crippen LogP contribution in [0.4, 0.5) is 15.5 Å². The topological polar surface area (TPSA) is 154 Å². The number of hydrogen-bond acceptors (Lipinski definition) is 8. The van der Waals surface area contributed by atoms with Crippen molar-refractivity contribution < 1.29 is 14.6 Å². The molecule has 10 nitrogen and oxygen atoms in total. The molecule has 12 heteroatoms. The van der Waals surface area contributed by atoms with Gasteiger partial charge in [-0.05, 0) is 19.1 Å². The fourth-order valence-electron chi connectivity index (χ4n) is 1.62. The minimum Gasteiger partial charge on any atom is -0.350 e. The molecular weight excluding hydrogens is 346 g/mol. The first-order chi connectivity index (χ1) is 10.8. The Bertz CT molecular complexity index is 825. The summed E-state index contributed by atoms with van der Waals surface area (Å²) in [6.45, 7) is 1.62. The monoisotopic (exact) mass is 355 g/mol. The summed E-state index contributed by atoms with van der Waals surface area (Å²) < 4.78 is 0. The van der Waals surface area contributed by atoms with Gasteiger partial charge in [-0.3, -0.25) is 20.2 Å². The quantitative estimate of drug-likeness (QED) is 0.479. The van der Waals surface area contributed by atoms with Crippen molar-refractivity contribution in [3.05, 3.63) is 43.3 Å². The third-order valence-corrected chi connectivity index (χ3v) is 5.05. The van der Waals surface area contributed by atoms with Crippen LogP contribution in [0.25, 0.3) is 9.75 Å². The average molecular weight is 355 g/mol. The van der Waals surface area contributed by atoms with E-state index in [0.29, 0.717) is 15.5 Å². The number of primary amides is 1. The Hall–Kier alpha value is -2.86. The van der Waals surface area contributed by atoms with Crippen LogP contribution < -0.4 is 11.2 Å². The van der Waals surface area contributed by atoms with E-state index in [0.717, 1.165) is 28.7 Å². The zero-order valence-corrected chi connectivity index (χ0v) is 13.1. The van der Waals surface area contributed by atoms with Crippen molar-refractivity contribution in [2.45, 2.75) is 6.92 Å². The van der Waals surface area contributed by atoms with Crippen molar-refractivity contribution >= 4 is 45.1 Å². The molecule has 2 aromatic heterocycles. The van der Waals surface area contributed by atoms with Crippen LogP contribution in [0.3, 0.4) is 0 Å². The maximum atomic E-state index is 11.1. The molecule has 2 amide bonds. The molecule has 0 aromatic carbocycles. The minimum absolute atomic E-state index is 0.202. The van der Waals surface area contributed by atoms with Crippen LogP contribution in [0.5, 0.6) is 0 Å². The molecule has 23 heavy (non-hydrogen) atoms. The van der Waals surface area contributed by atoms with Crippen molar-refractivity contribution in [2.75, 3.05) is 0 Å². The van der Waals surface area contributed by atoms with Gasteiger partial charge in [0.25, 0.3) is 5.69 Å². The van der Waals surface area contributed by atoms with Crippen LogP contribution in [0.15, 0.2) is 23.3 Å². The number of hydrazone groups is 1. The summed E-state index contributed by atoms with van der Waals surface area (Å²) in [5.74, 6) is 0. The van der Waals surface area contributed by atoms with Gasteiger partial charge in [0.2, 0.25) is 0 Å². The molecule has 120 valence electrons. The van der Waals surface area contributed by atoms with Crippen LogP contribution in [-0.2, 0) is 0 Å². The second-order valence-corrected chi connectivity index (χ2v) is 6.26. The minimum atomic E-state index is -0.814. The van der Waals surface area contributed by atoms with E-state index in [9.17, 15) is 25.0 Å². The third-order valence-electron chi connectivity index (χ3n) is 2.60. The first-order valence-electron chi connectivity index (χ1n) is 5.92. The fourth-order valence-corrected chi connectivity index (χ4v) is 3.63. The number of nitrogens with two attached hydrogens (primary N) is 1. The number of nitrogens with one attached hydrogen (secondary N) is 1. The van der Waals surface area contributed by atoms with E-state index in [1.165, 1.54) is 0 Å². The smallest absolute Gasteiger partial charge is 0.332 e. The van der Waals surface area contributed by atoms with Gasteiger partial charge in [-0.25, -0.2) is 10.2 Å². The van der Waals surface area contributed by atoms with Gasteiger partial charge in [-0.2, -0.15) is 5.10 Å². The maximum absolute atomic E-state index is 11.1. The highest BCUT2D eigenvalue weighted by molar-refractivity contribution is 7.25. The highest BCUT2D eigenvalue weighted by Crippen LogP contribution is 2.44. The molecule has 0 aliphatic rings. The number of nitro groups is 2. The highest BCUT2D eigenvalue weighted by atomic mass is 32.1. The Morgan fingerprint density at radius 1 is 1.26 bits per heavy atom. The summed E-state index contributed by atoms with van der Waals surface area (Å²) in [7, 11) is 0. The van der Waals surface area contributed by atoms with Gasteiger partial charge in [-0.15, -0.1) is 11.3 Å². The molecule has 0 saturated heterocycles. The predicted octanol–water partition coefficient (Wildman–Crippen LogP) is 2.69. The summed E-state index contributed by atoms with van der Waals surface area (Å²) in [5.41, 5.74) is 7.12. The van der Waals surface area contributed by atoms with Crippen LogP contribution in [-0.4, -0.2) is 21.6 Å². The van der Waals surface area contributed by atoms with E-state index in [4.69, 9.17) is 5.73 Å². The summed E-state index contributed by atoms with van der Waals surface area (Å²) in [5, 5.41) is 25.3. The molecule has 0 saturated carbocycles. The van der Waals surface area contributed by atoms with Crippen LogP contribution in [0.2, 0.25) is 0 Å².